The van der Waals surface area contributed by atoms with Gasteiger partial charge in [-0.1, -0.05) is 0 Å². The predicted molar refractivity (Wildman–Crippen MR) is 53.1 cm³/mol. The highest BCUT2D eigenvalue weighted by molar-refractivity contribution is 4.88. The molecule has 1 rings (SSSR count). The molecule has 96 valence electrons. The van der Waals surface area contributed by atoms with Gasteiger partial charge in [-0.2, -0.15) is 13.2 Å². The van der Waals surface area contributed by atoms with Crippen molar-refractivity contribution in [1.82, 2.24) is 4.90 Å². The molecular weight excluding hydrogens is 223 g/mol. The van der Waals surface area contributed by atoms with Gasteiger partial charge in [0.15, 0.2) is 0 Å². The summed E-state index contributed by atoms with van der Waals surface area (Å²) >= 11 is 0. The third-order valence-electron chi connectivity index (χ3n) is 2.89. The fourth-order valence-corrected chi connectivity index (χ4v) is 2.09. The second kappa shape index (κ2) is 5.84. The number of alkyl halides is 3. The molecule has 16 heavy (non-hydrogen) atoms. The Labute approximate surface area is 93.2 Å². The molecule has 1 N–H and O–H groups in total. The molecular formula is C10H18F3NO2. The van der Waals surface area contributed by atoms with Crippen LogP contribution in [-0.2, 0) is 4.74 Å². The van der Waals surface area contributed by atoms with Crippen LogP contribution in [0.3, 0.4) is 0 Å². The second-order valence-electron chi connectivity index (χ2n) is 4.05. The first kappa shape index (κ1) is 13.7. The van der Waals surface area contributed by atoms with E-state index >= 15 is 0 Å². The maximum absolute atomic E-state index is 12.7. The molecule has 2 unspecified atom stereocenters. The van der Waals surface area contributed by atoms with Gasteiger partial charge in [0.2, 0.25) is 0 Å². The van der Waals surface area contributed by atoms with E-state index in [1.165, 1.54) is 0 Å². The van der Waals surface area contributed by atoms with Crippen molar-refractivity contribution in [1.29, 1.82) is 0 Å². The van der Waals surface area contributed by atoms with E-state index in [-0.39, 0.29) is 19.8 Å². The summed E-state index contributed by atoms with van der Waals surface area (Å²) in [4.78, 5) is 1.64. The zero-order valence-corrected chi connectivity index (χ0v) is 9.33. The van der Waals surface area contributed by atoms with Crippen molar-refractivity contribution in [2.75, 3.05) is 39.5 Å². The van der Waals surface area contributed by atoms with Gasteiger partial charge in [0.1, 0.15) is 0 Å². The van der Waals surface area contributed by atoms with E-state index in [2.05, 4.69) is 0 Å². The topological polar surface area (TPSA) is 32.7 Å². The summed E-state index contributed by atoms with van der Waals surface area (Å²) < 4.78 is 43.2. The molecule has 1 aliphatic heterocycles. The summed E-state index contributed by atoms with van der Waals surface area (Å²) in [5.41, 5.74) is 0. The van der Waals surface area contributed by atoms with E-state index in [0.29, 0.717) is 19.7 Å². The van der Waals surface area contributed by atoms with E-state index in [9.17, 15) is 13.2 Å². The lowest BCUT2D eigenvalue weighted by Gasteiger charge is -2.20. The van der Waals surface area contributed by atoms with Crippen LogP contribution in [0.15, 0.2) is 0 Å². The summed E-state index contributed by atoms with van der Waals surface area (Å²) in [7, 11) is 0. The van der Waals surface area contributed by atoms with Crippen LogP contribution < -0.4 is 0 Å². The van der Waals surface area contributed by atoms with Crippen molar-refractivity contribution in [3.63, 3.8) is 0 Å². The van der Waals surface area contributed by atoms with E-state index < -0.39 is 18.0 Å². The zero-order valence-electron chi connectivity index (χ0n) is 9.33. The Morgan fingerprint density at radius 1 is 1.38 bits per heavy atom. The standard InChI is InChI=1S/C10H18F3NO2/c1-2-16-7-8-5-14(3-4-15)6-9(8)10(11,12)13/h8-9,15H,2-7H2,1H3. The van der Waals surface area contributed by atoms with E-state index in [0.717, 1.165) is 0 Å². The number of aliphatic hydroxyl groups is 1. The van der Waals surface area contributed by atoms with Crippen LogP contribution in [-0.4, -0.2) is 55.6 Å². The molecule has 2 atom stereocenters. The third kappa shape index (κ3) is 3.61. The average molecular weight is 241 g/mol. The quantitative estimate of drug-likeness (QED) is 0.783. The minimum Gasteiger partial charge on any atom is -0.395 e. The first-order valence-electron chi connectivity index (χ1n) is 5.46. The number of hydrogen-bond acceptors (Lipinski definition) is 3. The number of rotatable bonds is 5. The van der Waals surface area contributed by atoms with E-state index in [4.69, 9.17) is 9.84 Å². The lowest BCUT2D eigenvalue weighted by Crippen LogP contribution is -2.32. The molecule has 1 saturated heterocycles. The highest BCUT2D eigenvalue weighted by atomic mass is 19.4. The molecule has 0 aliphatic carbocycles. The maximum Gasteiger partial charge on any atom is 0.393 e. The third-order valence-corrected chi connectivity index (χ3v) is 2.89. The van der Waals surface area contributed by atoms with Crippen LogP contribution in [0.4, 0.5) is 13.2 Å². The zero-order chi connectivity index (χ0) is 12.2. The summed E-state index contributed by atoms with van der Waals surface area (Å²) in [5.74, 6) is -1.84. The molecule has 6 heteroatoms. The molecule has 0 aromatic carbocycles. The largest absolute Gasteiger partial charge is 0.395 e. The van der Waals surface area contributed by atoms with Gasteiger partial charge in [0, 0.05) is 32.2 Å². The van der Waals surface area contributed by atoms with Gasteiger partial charge in [-0.05, 0) is 6.92 Å². The summed E-state index contributed by atoms with van der Waals surface area (Å²) in [6, 6.07) is 0. The van der Waals surface area contributed by atoms with Crippen molar-refractivity contribution in [3.05, 3.63) is 0 Å². The summed E-state index contributed by atoms with van der Waals surface area (Å²) in [5, 5.41) is 8.72. The normalized spacial score (nSPS) is 27.6. The number of likely N-dealkylation sites (tertiary alicyclic amines) is 1. The lowest BCUT2D eigenvalue weighted by molar-refractivity contribution is -0.184. The maximum atomic E-state index is 12.7. The van der Waals surface area contributed by atoms with Crippen LogP contribution in [0.5, 0.6) is 0 Å². The Kier molecular flexibility index (Phi) is 5.01. The fourth-order valence-electron chi connectivity index (χ4n) is 2.09. The molecule has 0 amide bonds. The molecule has 1 fully saturated rings. The van der Waals surface area contributed by atoms with Crippen LogP contribution in [0.2, 0.25) is 0 Å². The van der Waals surface area contributed by atoms with Crippen molar-refractivity contribution >= 4 is 0 Å². The van der Waals surface area contributed by atoms with Crippen molar-refractivity contribution < 1.29 is 23.0 Å². The van der Waals surface area contributed by atoms with Gasteiger partial charge in [0.25, 0.3) is 0 Å². The van der Waals surface area contributed by atoms with Crippen LogP contribution in [0.1, 0.15) is 6.92 Å². The van der Waals surface area contributed by atoms with Gasteiger partial charge in [-0.25, -0.2) is 0 Å². The molecule has 0 radical (unpaired) electrons. The fraction of sp³-hybridized carbons (Fsp3) is 1.00. The number of aliphatic hydroxyl groups excluding tert-OH is 1. The second-order valence-corrected chi connectivity index (χ2v) is 4.05. The van der Waals surface area contributed by atoms with E-state index in [1.807, 2.05) is 0 Å². The Hall–Kier alpha value is -0.330. The molecule has 3 nitrogen and oxygen atoms in total. The predicted octanol–water partition coefficient (Wildman–Crippen LogP) is 1.13. The van der Waals surface area contributed by atoms with Crippen molar-refractivity contribution in [2.24, 2.45) is 11.8 Å². The number of ether oxygens (including phenoxy) is 1. The Bertz CT molecular complexity index is 211. The monoisotopic (exact) mass is 241 g/mol. The van der Waals surface area contributed by atoms with Crippen molar-refractivity contribution in [3.8, 4) is 0 Å². The Morgan fingerprint density at radius 3 is 2.56 bits per heavy atom. The number of nitrogens with zero attached hydrogens (tertiary/aromatic N) is 1. The van der Waals surface area contributed by atoms with Gasteiger partial charge in [0.05, 0.1) is 19.1 Å². The van der Waals surface area contributed by atoms with Gasteiger partial charge in [-0.15, -0.1) is 0 Å². The van der Waals surface area contributed by atoms with Gasteiger partial charge < -0.3 is 14.7 Å². The molecule has 0 spiro atoms. The Balaban J connectivity index is 2.56. The first-order chi connectivity index (χ1) is 7.49. The highest BCUT2D eigenvalue weighted by Gasteiger charge is 2.49. The highest BCUT2D eigenvalue weighted by Crippen LogP contribution is 2.37. The average Bonchev–Trinajstić information content (AvgIpc) is 2.58. The van der Waals surface area contributed by atoms with Crippen LogP contribution >= 0.6 is 0 Å². The summed E-state index contributed by atoms with van der Waals surface area (Å²) in [6.45, 7) is 2.86. The number of β-amino-alcohol motifs (C(OH)–C–C–N with tert-alkyl or cyclic N) is 1. The number of hydrogen-bond donors (Lipinski definition) is 1. The molecule has 1 aliphatic rings. The van der Waals surface area contributed by atoms with Gasteiger partial charge >= 0.3 is 6.18 Å². The molecule has 0 saturated carbocycles. The lowest BCUT2D eigenvalue weighted by atomic mass is 9.96. The smallest absolute Gasteiger partial charge is 0.393 e. The van der Waals surface area contributed by atoms with E-state index in [1.54, 1.807) is 11.8 Å². The SMILES string of the molecule is CCOCC1CN(CCO)CC1C(F)(F)F. The summed E-state index contributed by atoms with van der Waals surface area (Å²) in [6.07, 6.45) is -4.17. The first-order valence-corrected chi connectivity index (χ1v) is 5.46. The minimum absolute atomic E-state index is 0.0260. The van der Waals surface area contributed by atoms with Gasteiger partial charge in [-0.3, -0.25) is 0 Å². The molecule has 0 aromatic rings. The van der Waals surface area contributed by atoms with Crippen LogP contribution in [0, 0.1) is 11.8 Å². The minimum atomic E-state index is -4.17. The molecule has 1 heterocycles. The van der Waals surface area contributed by atoms with Crippen molar-refractivity contribution in [2.45, 2.75) is 13.1 Å². The number of halogens is 3. The molecule has 0 bridgehead atoms. The Morgan fingerprint density at radius 2 is 2.06 bits per heavy atom. The molecule has 0 aromatic heterocycles. The van der Waals surface area contributed by atoms with Crippen LogP contribution in [0.25, 0.3) is 0 Å².